The lowest BCUT2D eigenvalue weighted by Crippen LogP contribution is -2.58. The molecule has 0 saturated carbocycles. The highest BCUT2D eigenvalue weighted by atomic mass is 15.4. The van der Waals surface area contributed by atoms with Crippen molar-refractivity contribution < 1.29 is 4.39 Å². The minimum absolute atomic E-state index is 0.626. The first kappa shape index (κ1) is 13.1. The summed E-state index contributed by atoms with van der Waals surface area (Å²) in [7, 11) is 10.6. The van der Waals surface area contributed by atoms with Crippen molar-refractivity contribution in [2.75, 3.05) is 39.3 Å². The topological polar surface area (TPSA) is 19.4 Å². The van der Waals surface area contributed by atoms with Crippen molar-refractivity contribution in [2.24, 2.45) is 0 Å². The van der Waals surface area contributed by atoms with Gasteiger partial charge in [-0.05, 0) is 18.7 Å². The summed E-state index contributed by atoms with van der Waals surface area (Å²) in [5.41, 5.74) is 2.19. The van der Waals surface area contributed by atoms with Gasteiger partial charge in [-0.3, -0.25) is 16.9 Å². The largest absolute Gasteiger partial charge is 0.581 e. The molecule has 5 heteroatoms. The number of piperazine rings is 1. The van der Waals surface area contributed by atoms with Crippen LogP contribution in [0.2, 0.25) is 0 Å². The van der Waals surface area contributed by atoms with E-state index in [1.807, 2.05) is 0 Å². The second-order valence-corrected chi connectivity index (χ2v) is 5.84. The molecule has 0 spiro atoms. The van der Waals surface area contributed by atoms with Crippen LogP contribution in [0.1, 0.15) is 11.4 Å². The SMILES string of the molecule is [B-][N+]12CCN(CCN([CH2-])Cc3cccc(n3)C1)CC2. The van der Waals surface area contributed by atoms with Crippen molar-refractivity contribution in [2.45, 2.75) is 13.1 Å². The van der Waals surface area contributed by atoms with Gasteiger partial charge in [-0.1, -0.05) is 6.07 Å². The standard InChI is InChI=1S/C14H21BN4/c1-17-5-6-18-7-9-19(15,10-8-18)12-14-4-2-3-13(11-17)16-14/h2-4H,1,5-12H2/q-1. The zero-order valence-electron chi connectivity index (χ0n) is 11.5. The van der Waals surface area contributed by atoms with Crippen LogP contribution in [0, 0.1) is 7.05 Å². The lowest BCUT2D eigenvalue weighted by molar-refractivity contribution is -0.836. The third-order valence-electron chi connectivity index (χ3n) is 4.18. The lowest BCUT2D eigenvalue weighted by atomic mass is 10.1. The predicted octanol–water partition coefficient (Wildman–Crippen LogP) is 0.405. The van der Waals surface area contributed by atoms with Crippen LogP contribution >= 0.6 is 0 Å². The van der Waals surface area contributed by atoms with E-state index in [2.05, 4.69) is 35.0 Å². The second-order valence-electron chi connectivity index (χ2n) is 5.84. The molecule has 0 atom stereocenters. The maximum Gasteiger partial charge on any atom is 0.0906 e. The average Bonchev–Trinajstić information content (AvgIpc) is 2.37. The first-order valence-corrected chi connectivity index (χ1v) is 7.00. The summed E-state index contributed by atoms with van der Waals surface area (Å²) >= 11 is 0. The molecule has 0 N–H and O–H groups in total. The van der Waals surface area contributed by atoms with Crippen molar-refractivity contribution in [3.63, 3.8) is 0 Å². The minimum Gasteiger partial charge on any atom is -0.581 e. The van der Waals surface area contributed by atoms with Crippen molar-refractivity contribution in [3.05, 3.63) is 36.6 Å². The number of rotatable bonds is 0. The van der Waals surface area contributed by atoms with Crippen molar-refractivity contribution >= 4 is 7.98 Å². The van der Waals surface area contributed by atoms with Crippen LogP contribution in [0.5, 0.6) is 0 Å². The highest BCUT2D eigenvalue weighted by molar-refractivity contribution is 5.97. The van der Waals surface area contributed by atoms with Gasteiger partial charge < -0.3 is 9.29 Å². The van der Waals surface area contributed by atoms with Gasteiger partial charge in [0.2, 0.25) is 0 Å². The molecule has 101 valence electrons. The monoisotopic (exact) mass is 256 g/mol. The number of pyridine rings is 1. The molecular weight excluding hydrogens is 235 g/mol. The molecule has 0 aromatic carbocycles. The average molecular weight is 256 g/mol. The van der Waals surface area contributed by atoms with Gasteiger partial charge >= 0.3 is 0 Å². The van der Waals surface area contributed by atoms with Gasteiger partial charge in [0, 0.05) is 39.3 Å². The fourth-order valence-electron chi connectivity index (χ4n) is 2.91. The number of nitrogens with zero attached hydrogens (tertiary/aromatic N) is 4. The van der Waals surface area contributed by atoms with E-state index in [1.54, 1.807) is 0 Å². The summed E-state index contributed by atoms with van der Waals surface area (Å²) in [4.78, 5) is 9.32. The van der Waals surface area contributed by atoms with E-state index in [1.165, 1.54) is 0 Å². The molecular formula is C14H21BN4-. The van der Waals surface area contributed by atoms with Crippen molar-refractivity contribution in [3.8, 4) is 0 Å². The van der Waals surface area contributed by atoms with Crippen LogP contribution in [-0.4, -0.2) is 66.4 Å². The van der Waals surface area contributed by atoms with E-state index in [0.29, 0.717) is 4.39 Å². The maximum atomic E-state index is 6.49. The van der Waals surface area contributed by atoms with Crippen LogP contribution in [0.3, 0.4) is 0 Å². The summed E-state index contributed by atoms with van der Waals surface area (Å²) in [5.74, 6) is 0. The first-order valence-electron chi connectivity index (χ1n) is 7.00. The maximum absolute atomic E-state index is 6.49. The molecule has 3 aliphatic heterocycles. The molecule has 0 aliphatic carbocycles. The third-order valence-corrected chi connectivity index (χ3v) is 4.18. The Morgan fingerprint density at radius 1 is 1.11 bits per heavy atom. The van der Waals surface area contributed by atoms with E-state index >= 15 is 0 Å². The number of hydrogen-bond donors (Lipinski definition) is 0. The smallest absolute Gasteiger partial charge is 0.0906 e. The highest BCUT2D eigenvalue weighted by Crippen LogP contribution is 2.16. The molecule has 0 unspecified atom stereocenters. The normalized spacial score (nSPS) is 32.6. The fourth-order valence-corrected chi connectivity index (χ4v) is 2.91. The molecule has 4 bridgehead atoms. The molecule has 1 fully saturated rings. The second kappa shape index (κ2) is 5.23. The summed E-state index contributed by atoms with van der Waals surface area (Å²) < 4.78 is 0.626. The van der Waals surface area contributed by atoms with Crippen molar-refractivity contribution in [1.82, 2.24) is 14.8 Å². The van der Waals surface area contributed by atoms with Gasteiger partial charge in [0.1, 0.15) is 0 Å². The van der Waals surface area contributed by atoms with Crippen LogP contribution in [-0.2, 0) is 13.1 Å². The number of hydrogen-bond acceptors (Lipinski definition) is 3. The Kier molecular flexibility index (Phi) is 3.61. The first-order chi connectivity index (χ1) is 9.13. The summed E-state index contributed by atoms with van der Waals surface area (Å²) in [6.07, 6.45) is 0. The van der Waals surface area contributed by atoms with E-state index in [4.69, 9.17) is 13.0 Å². The Labute approximate surface area is 117 Å². The van der Waals surface area contributed by atoms with Crippen LogP contribution in [0.15, 0.2) is 18.2 Å². The highest BCUT2D eigenvalue weighted by Gasteiger charge is 2.21. The minimum atomic E-state index is 0.626. The van der Waals surface area contributed by atoms with E-state index in [-0.39, 0.29) is 0 Å². The van der Waals surface area contributed by atoms with Gasteiger partial charge in [0.25, 0.3) is 0 Å². The summed E-state index contributed by atoms with van der Waals surface area (Å²) in [6.45, 7) is 7.85. The molecule has 1 saturated heterocycles. The Morgan fingerprint density at radius 2 is 1.84 bits per heavy atom. The number of aromatic nitrogens is 1. The van der Waals surface area contributed by atoms with Gasteiger partial charge in [-0.25, -0.2) is 7.98 Å². The van der Waals surface area contributed by atoms with Crippen LogP contribution in [0.4, 0.5) is 0 Å². The Bertz CT molecular complexity index is 440. The molecule has 4 rings (SSSR count). The molecule has 19 heavy (non-hydrogen) atoms. The third kappa shape index (κ3) is 3.16. The Balaban J connectivity index is 1.87. The summed E-state index contributed by atoms with van der Waals surface area (Å²) in [6, 6.07) is 6.24. The molecule has 4 nitrogen and oxygen atoms in total. The Morgan fingerprint density at radius 3 is 2.63 bits per heavy atom. The van der Waals surface area contributed by atoms with Crippen molar-refractivity contribution in [1.29, 1.82) is 0 Å². The molecule has 0 amide bonds. The molecule has 4 heterocycles. The molecule has 3 aliphatic rings. The fraction of sp³-hybridized carbons (Fsp3) is 0.571. The van der Waals surface area contributed by atoms with E-state index in [0.717, 1.165) is 63.7 Å². The van der Waals surface area contributed by atoms with Crippen LogP contribution < -0.4 is 0 Å². The van der Waals surface area contributed by atoms with Gasteiger partial charge in [-0.15, -0.1) is 0 Å². The molecule has 1 aromatic rings. The van der Waals surface area contributed by atoms with Crippen LogP contribution in [0.25, 0.3) is 0 Å². The summed E-state index contributed by atoms with van der Waals surface area (Å²) in [5, 5.41) is 0. The van der Waals surface area contributed by atoms with Gasteiger partial charge in [-0.2, -0.15) is 0 Å². The molecule has 1 aromatic heterocycles. The lowest BCUT2D eigenvalue weighted by Gasteiger charge is -2.54. The zero-order valence-corrected chi connectivity index (χ0v) is 11.5. The van der Waals surface area contributed by atoms with E-state index in [9.17, 15) is 0 Å². The van der Waals surface area contributed by atoms with Gasteiger partial charge in [0.15, 0.2) is 0 Å². The number of fused-ring (bicyclic) bond motifs is 5. The quantitative estimate of drug-likeness (QED) is 0.495. The zero-order chi connectivity index (χ0) is 13.3. The van der Waals surface area contributed by atoms with E-state index < -0.39 is 0 Å². The molecule has 3 radical (unpaired) electrons. The predicted molar refractivity (Wildman–Crippen MR) is 75.9 cm³/mol. The Hall–Kier alpha value is -0.905. The number of quaternary nitrogens is 1. The van der Waals surface area contributed by atoms with Gasteiger partial charge in [0.05, 0.1) is 17.9 Å².